The van der Waals surface area contributed by atoms with E-state index in [-0.39, 0.29) is 11.9 Å². The normalized spacial score (nSPS) is 18.2. The van der Waals surface area contributed by atoms with Gasteiger partial charge in [0.05, 0.1) is 22.7 Å². The highest BCUT2D eigenvalue weighted by molar-refractivity contribution is 6.06. The smallest absolute Gasteiger partial charge is 0.255 e. The van der Waals surface area contributed by atoms with Gasteiger partial charge in [-0.2, -0.15) is 5.10 Å². The quantitative estimate of drug-likeness (QED) is 0.702. The standard InChI is InChI=1S/C21H25N5O/c1-14-12-17(19-15(2)23-25(4)20(19)22-14)21(27)26-11-10-24(3)13-18(26)16-8-6-5-7-9-16/h5-9,12,18H,10-11,13H2,1-4H3. The SMILES string of the molecule is Cc1cc(C(=O)N2CCN(C)CC2c2ccccc2)c2c(C)nn(C)c2n1. The molecule has 0 saturated carbocycles. The van der Waals surface area contributed by atoms with Crippen LogP contribution in [0.3, 0.4) is 0 Å². The molecule has 0 aliphatic carbocycles. The highest BCUT2D eigenvalue weighted by atomic mass is 16.2. The molecule has 1 aromatic carbocycles. The van der Waals surface area contributed by atoms with Crippen LogP contribution < -0.4 is 0 Å². The van der Waals surface area contributed by atoms with Gasteiger partial charge in [0, 0.05) is 32.4 Å². The van der Waals surface area contributed by atoms with Gasteiger partial charge in [0.1, 0.15) is 0 Å². The van der Waals surface area contributed by atoms with E-state index < -0.39 is 0 Å². The molecule has 0 bridgehead atoms. The van der Waals surface area contributed by atoms with E-state index in [1.165, 1.54) is 5.56 Å². The van der Waals surface area contributed by atoms with Crippen LogP contribution in [0.2, 0.25) is 0 Å². The number of hydrogen-bond donors (Lipinski definition) is 0. The lowest BCUT2D eigenvalue weighted by Gasteiger charge is -2.40. The van der Waals surface area contributed by atoms with E-state index in [4.69, 9.17) is 0 Å². The molecule has 1 aliphatic rings. The number of hydrogen-bond acceptors (Lipinski definition) is 4. The zero-order valence-corrected chi connectivity index (χ0v) is 16.3. The summed E-state index contributed by atoms with van der Waals surface area (Å²) in [4.78, 5) is 22.5. The molecule has 27 heavy (non-hydrogen) atoms. The van der Waals surface area contributed by atoms with Crippen LogP contribution >= 0.6 is 0 Å². The van der Waals surface area contributed by atoms with Crippen molar-refractivity contribution in [2.45, 2.75) is 19.9 Å². The van der Waals surface area contributed by atoms with E-state index in [2.05, 4.69) is 34.2 Å². The minimum Gasteiger partial charge on any atom is -0.329 e. The first-order valence-electron chi connectivity index (χ1n) is 9.31. The molecule has 1 amide bonds. The predicted octanol–water partition coefficient (Wildman–Crippen LogP) is 2.71. The summed E-state index contributed by atoms with van der Waals surface area (Å²) >= 11 is 0. The number of pyridine rings is 1. The fourth-order valence-electron chi connectivity index (χ4n) is 4.02. The number of benzene rings is 1. The van der Waals surface area contributed by atoms with Gasteiger partial charge in [-0.05, 0) is 32.5 Å². The molecule has 0 radical (unpaired) electrons. The molecule has 1 fully saturated rings. The Labute approximate surface area is 159 Å². The molecular weight excluding hydrogens is 338 g/mol. The van der Waals surface area contributed by atoms with Crippen molar-refractivity contribution in [1.29, 1.82) is 0 Å². The van der Waals surface area contributed by atoms with Crippen LogP contribution in [-0.2, 0) is 7.05 Å². The van der Waals surface area contributed by atoms with Crippen LogP contribution in [0.25, 0.3) is 11.0 Å². The zero-order valence-electron chi connectivity index (χ0n) is 16.3. The fraction of sp³-hybridized carbons (Fsp3) is 0.381. The topological polar surface area (TPSA) is 54.3 Å². The maximum Gasteiger partial charge on any atom is 0.255 e. The minimum atomic E-state index is 0.0398. The summed E-state index contributed by atoms with van der Waals surface area (Å²) in [5, 5.41) is 5.34. The number of piperazine rings is 1. The van der Waals surface area contributed by atoms with Crippen molar-refractivity contribution in [2.75, 3.05) is 26.7 Å². The predicted molar refractivity (Wildman–Crippen MR) is 106 cm³/mol. The van der Waals surface area contributed by atoms with Gasteiger partial charge in [-0.15, -0.1) is 0 Å². The van der Waals surface area contributed by atoms with Crippen molar-refractivity contribution in [2.24, 2.45) is 7.05 Å². The van der Waals surface area contributed by atoms with Gasteiger partial charge in [-0.25, -0.2) is 4.98 Å². The van der Waals surface area contributed by atoms with E-state index >= 15 is 0 Å². The molecule has 3 aromatic rings. The molecule has 6 nitrogen and oxygen atoms in total. The Morgan fingerprint density at radius 2 is 1.85 bits per heavy atom. The van der Waals surface area contributed by atoms with E-state index in [1.54, 1.807) is 4.68 Å². The van der Waals surface area contributed by atoms with Crippen molar-refractivity contribution in [3.63, 3.8) is 0 Å². The second-order valence-corrected chi connectivity index (χ2v) is 7.41. The molecule has 1 aliphatic heterocycles. The van der Waals surface area contributed by atoms with Crippen molar-refractivity contribution < 1.29 is 4.79 Å². The number of carbonyl (C=O) groups is 1. The molecule has 1 saturated heterocycles. The molecule has 1 unspecified atom stereocenters. The number of carbonyl (C=O) groups excluding carboxylic acids is 1. The first kappa shape index (κ1) is 17.7. The number of amides is 1. The first-order chi connectivity index (χ1) is 13.0. The van der Waals surface area contributed by atoms with Crippen LogP contribution in [0.4, 0.5) is 0 Å². The van der Waals surface area contributed by atoms with E-state index in [0.717, 1.165) is 35.5 Å². The summed E-state index contributed by atoms with van der Waals surface area (Å²) in [5.74, 6) is 0.0588. The second kappa shape index (κ2) is 6.78. The number of likely N-dealkylation sites (N-methyl/N-ethyl adjacent to an activating group) is 1. The lowest BCUT2D eigenvalue weighted by Crippen LogP contribution is -2.49. The largest absolute Gasteiger partial charge is 0.329 e. The Morgan fingerprint density at radius 1 is 1.11 bits per heavy atom. The van der Waals surface area contributed by atoms with Gasteiger partial charge in [0.25, 0.3) is 5.91 Å². The third kappa shape index (κ3) is 3.10. The highest BCUT2D eigenvalue weighted by Gasteiger charge is 2.32. The number of nitrogens with zero attached hydrogens (tertiary/aromatic N) is 5. The van der Waals surface area contributed by atoms with Crippen molar-refractivity contribution >= 4 is 16.9 Å². The third-order valence-corrected chi connectivity index (χ3v) is 5.36. The van der Waals surface area contributed by atoms with Gasteiger partial charge in [0.2, 0.25) is 0 Å². The number of aryl methyl sites for hydroxylation is 3. The molecule has 1 atom stereocenters. The van der Waals surface area contributed by atoms with Gasteiger partial charge < -0.3 is 9.80 Å². The summed E-state index contributed by atoms with van der Waals surface area (Å²) < 4.78 is 1.76. The Balaban J connectivity index is 1.80. The van der Waals surface area contributed by atoms with Gasteiger partial charge in [-0.1, -0.05) is 30.3 Å². The lowest BCUT2D eigenvalue weighted by molar-refractivity contribution is 0.0499. The summed E-state index contributed by atoms with van der Waals surface area (Å²) in [5.41, 5.74) is 4.31. The van der Waals surface area contributed by atoms with Gasteiger partial charge in [-0.3, -0.25) is 9.48 Å². The van der Waals surface area contributed by atoms with Gasteiger partial charge >= 0.3 is 0 Å². The molecule has 4 rings (SSSR count). The highest BCUT2D eigenvalue weighted by Crippen LogP contribution is 2.29. The lowest BCUT2D eigenvalue weighted by atomic mass is 10.00. The number of fused-ring (bicyclic) bond motifs is 1. The number of aromatic nitrogens is 3. The molecule has 140 valence electrons. The van der Waals surface area contributed by atoms with E-state index in [0.29, 0.717) is 12.1 Å². The summed E-state index contributed by atoms with van der Waals surface area (Å²) in [7, 11) is 3.98. The van der Waals surface area contributed by atoms with E-state index in [1.807, 2.05) is 50.1 Å². The Morgan fingerprint density at radius 3 is 2.59 bits per heavy atom. The maximum absolute atomic E-state index is 13.7. The summed E-state index contributed by atoms with van der Waals surface area (Å²) in [6, 6.07) is 12.2. The van der Waals surface area contributed by atoms with Crippen LogP contribution in [0, 0.1) is 13.8 Å². The molecular formula is C21H25N5O. The van der Waals surface area contributed by atoms with E-state index in [9.17, 15) is 4.79 Å². The first-order valence-corrected chi connectivity index (χ1v) is 9.31. The molecule has 0 N–H and O–H groups in total. The maximum atomic E-state index is 13.7. The Hall–Kier alpha value is -2.73. The molecule has 0 spiro atoms. The Bertz CT molecular complexity index is 995. The van der Waals surface area contributed by atoms with Crippen molar-refractivity contribution in [3.05, 3.63) is 58.9 Å². The fourth-order valence-corrected chi connectivity index (χ4v) is 4.02. The zero-order chi connectivity index (χ0) is 19.1. The minimum absolute atomic E-state index is 0.0398. The Kier molecular flexibility index (Phi) is 4.44. The van der Waals surface area contributed by atoms with Crippen molar-refractivity contribution in [1.82, 2.24) is 24.6 Å². The third-order valence-electron chi connectivity index (χ3n) is 5.36. The average Bonchev–Trinajstić information content (AvgIpc) is 2.95. The molecule has 3 heterocycles. The van der Waals surface area contributed by atoms with Crippen LogP contribution in [-0.4, -0.2) is 57.2 Å². The van der Waals surface area contributed by atoms with Crippen molar-refractivity contribution in [3.8, 4) is 0 Å². The van der Waals surface area contributed by atoms with Gasteiger partial charge in [0.15, 0.2) is 5.65 Å². The van der Waals surface area contributed by atoms with Crippen LogP contribution in [0.15, 0.2) is 36.4 Å². The second-order valence-electron chi connectivity index (χ2n) is 7.41. The van der Waals surface area contributed by atoms with Crippen LogP contribution in [0.1, 0.15) is 33.4 Å². The number of rotatable bonds is 2. The summed E-state index contributed by atoms with van der Waals surface area (Å²) in [6.07, 6.45) is 0. The average molecular weight is 363 g/mol. The summed E-state index contributed by atoms with van der Waals surface area (Å²) in [6.45, 7) is 6.27. The molecule has 6 heteroatoms. The molecule has 2 aromatic heterocycles. The monoisotopic (exact) mass is 363 g/mol. The van der Waals surface area contributed by atoms with Crippen LogP contribution in [0.5, 0.6) is 0 Å².